The first-order valence-electron chi connectivity index (χ1n) is 17.1. The van der Waals surface area contributed by atoms with Crippen molar-refractivity contribution in [3.8, 4) is 22.3 Å². The maximum Gasteiger partial charge on any atom is 0.135 e. The molecular formula is C48H31NO. The minimum absolute atomic E-state index is 0.883. The Hall–Kier alpha value is -6.64. The Morgan fingerprint density at radius 2 is 0.980 bits per heavy atom. The number of hydrogen-bond donors (Lipinski definition) is 0. The summed E-state index contributed by atoms with van der Waals surface area (Å²) in [5, 5.41) is 9.70. The molecule has 0 aliphatic heterocycles. The van der Waals surface area contributed by atoms with Gasteiger partial charge in [-0.3, -0.25) is 0 Å². The summed E-state index contributed by atoms with van der Waals surface area (Å²) in [7, 11) is 0. The third-order valence-corrected chi connectivity index (χ3v) is 10.0. The van der Waals surface area contributed by atoms with E-state index in [0.29, 0.717) is 0 Å². The largest absolute Gasteiger partial charge is 0.456 e. The van der Waals surface area contributed by atoms with Crippen LogP contribution in [0, 0.1) is 0 Å². The lowest BCUT2D eigenvalue weighted by atomic mass is 9.93. The van der Waals surface area contributed by atoms with Gasteiger partial charge in [0.25, 0.3) is 0 Å². The van der Waals surface area contributed by atoms with E-state index >= 15 is 0 Å². The molecule has 9 aromatic carbocycles. The van der Waals surface area contributed by atoms with Gasteiger partial charge in [-0.15, -0.1) is 0 Å². The van der Waals surface area contributed by atoms with Crippen molar-refractivity contribution in [2.75, 3.05) is 4.90 Å². The highest BCUT2D eigenvalue weighted by Crippen LogP contribution is 2.45. The Balaban J connectivity index is 1.22. The monoisotopic (exact) mass is 637 g/mol. The molecule has 1 aromatic heterocycles. The molecule has 10 aromatic rings. The maximum atomic E-state index is 6.27. The molecule has 0 fully saturated rings. The standard InChI is InChI=1S/C48H31NO/c1-2-13-33-28-36(25-24-32(33)12-1)40-18-7-9-22-46(40)49(38-26-27-48-45(31-38)43-21-8-10-23-47(43)50-48)37-16-11-15-34(29-37)44-30-35-14-3-4-17-39(35)41-19-5-6-20-42(41)44/h1-31H. The summed E-state index contributed by atoms with van der Waals surface area (Å²) in [5.41, 5.74) is 9.77. The Morgan fingerprint density at radius 1 is 0.320 bits per heavy atom. The summed E-state index contributed by atoms with van der Waals surface area (Å²) >= 11 is 0. The van der Waals surface area contributed by atoms with E-state index in [2.05, 4.69) is 181 Å². The SMILES string of the molecule is c1cc(-c2cc3ccccc3c3ccccc23)cc(N(c2ccc3oc4ccccc4c3c2)c2ccccc2-c2ccc3ccccc3c2)c1. The van der Waals surface area contributed by atoms with Gasteiger partial charge in [-0.1, -0.05) is 133 Å². The summed E-state index contributed by atoms with van der Waals surface area (Å²) in [6.07, 6.45) is 0. The van der Waals surface area contributed by atoms with Gasteiger partial charge < -0.3 is 9.32 Å². The van der Waals surface area contributed by atoms with Crippen molar-refractivity contribution in [2.24, 2.45) is 0 Å². The van der Waals surface area contributed by atoms with Crippen LogP contribution in [-0.2, 0) is 0 Å². The molecule has 0 bridgehead atoms. The van der Waals surface area contributed by atoms with E-state index in [1.165, 1.54) is 49.0 Å². The molecule has 10 rings (SSSR count). The molecule has 0 saturated carbocycles. The van der Waals surface area contributed by atoms with Crippen LogP contribution in [0.1, 0.15) is 0 Å². The highest BCUT2D eigenvalue weighted by Gasteiger charge is 2.20. The van der Waals surface area contributed by atoms with E-state index in [-0.39, 0.29) is 0 Å². The number of anilines is 3. The van der Waals surface area contributed by atoms with Gasteiger partial charge in [0.2, 0.25) is 0 Å². The highest BCUT2D eigenvalue weighted by atomic mass is 16.3. The molecular weight excluding hydrogens is 607 g/mol. The number of benzene rings is 9. The van der Waals surface area contributed by atoms with Gasteiger partial charge in [0.15, 0.2) is 0 Å². The van der Waals surface area contributed by atoms with E-state index < -0.39 is 0 Å². The summed E-state index contributed by atoms with van der Waals surface area (Å²) in [4.78, 5) is 2.40. The van der Waals surface area contributed by atoms with Crippen molar-refractivity contribution in [3.63, 3.8) is 0 Å². The first-order chi connectivity index (χ1) is 24.8. The molecule has 0 spiro atoms. The van der Waals surface area contributed by atoms with Crippen LogP contribution in [-0.4, -0.2) is 0 Å². The van der Waals surface area contributed by atoms with Crippen LogP contribution in [0.2, 0.25) is 0 Å². The number of rotatable bonds is 5. The van der Waals surface area contributed by atoms with Crippen LogP contribution in [0.25, 0.3) is 76.5 Å². The Morgan fingerprint density at radius 3 is 1.88 bits per heavy atom. The quantitative estimate of drug-likeness (QED) is 0.175. The summed E-state index contributed by atoms with van der Waals surface area (Å²) in [6.45, 7) is 0. The molecule has 2 nitrogen and oxygen atoms in total. The van der Waals surface area contributed by atoms with E-state index in [1.54, 1.807) is 0 Å². The molecule has 1 heterocycles. The number of nitrogens with zero attached hydrogens (tertiary/aromatic N) is 1. The number of para-hydroxylation sites is 2. The van der Waals surface area contributed by atoms with Crippen molar-refractivity contribution >= 4 is 71.3 Å². The second-order valence-electron chi connectivity index (χ2n) is 12.9. The lowest BCUT2D eigenvalue weighted by Crippen LogP contribution is -2.11. The van der Waals surface area contributed by atoms with Crippen molar-refractivity contribution in [3.05, 3.63) is 188 Å². The van der Waals surface area contributed by atoms with E-state index in [4.69, 9.17) is 4.42 Å². The summed E-state index contributed by atoms with van der Waals surface area (Å²) < 4.78 is 6.27. The predicted molar refractivity (Wildman–Crippen MR) is 212 cm³/mol. The number of furan rings is 1. The molecule has 0 amide bonds. The fourth-order valence-corrected chi connectivity index (χ4v) is 7.66. The van der Waals surface area contributed by atoms with Gasteiger partial charge in [0, 0.05) is 27.7 Å². The average molecular weight is 638 g/mol. The highest BCUT2D eigenvalue weighted by molar-refractivity contribution is 6.14. The molecule has 0 aliphatic carbocycles. The van der Waals surface area contributed by atoms with Gasteiger partial charge in [-0.25, -0.2) is 0 Å². The third-order valence-electron chi connectivity index (χ3n) is 10.0. The third kappa shape index (κ3) is 4.65. The van der Waals surface area contributed by atoms with Crippen molar-refractivity contribution in [1.29, 1.82) is 0 Å². The van der Waals surface area contributed by atoms with Crippen LogP contribution >= 0.6 is 0 Å². The summed E-state index contributed by atoms with van der Waals surface area (Å²) in [5.74, 6) is 0. The maximum absolute atomic E-state index is 6.27. The second-order valence-corrected chi connectivity index (χ2v) is 12.9. The molecule has 0 unspecified atom stereocenters. The molecule has 0 radical (unpaired) electrons. The van der Waals surface area contributed by atoms with Gasteiger partial charge in [-0.2, -0.15) is 0 Å². The van der Waals surface area contributed by atoms with E-state index in [0.717, 1.165) is 44.6 Å². The zero-order chi connectivity index (χ0) is 33.0. The van der Waals surface area contributed by atoms with Crippen molar-refractivity contribution < 1.29 is 4.42 Å². The van der Waals surface area contributed by atoms with Crippen LogP contribution in [0.3, 0.4) is 0 Å². The first kappa shape index (κ1) is 28.4. The van der Waals surface area contributed by atoms with Crippen LogP contribution in [0.4, 0.5) is 17.1 Å². The molecule has 0 N–H and O–H groups in total. The van der Waals surface area contributed by atoms with Crippen LogP contribution < -0.4 is 4.90 Å². The van der Waals surface area contributed by atoms with Gasteiger partial charge >= 0.3 is 0 Å². The number of hydrogen-bond acceptors (Lipinski definition) is 2. The molecule has 50 heavy (non-hydrogen) atoms. The van der Waals surface area contributed by atoms with Crippen molar-refractivity contribution in [1.82, 2.24) is 0 Å². The topological polar surface area (TPSA) is 16.4 Å². The lowest BCUT2D eigenvalue weighted by molar-refractivity contribution is 0.669. The van der Waals surface area contributed by atoms with E-state index in [9.17, 15) is 0 Å². The average Bonchev–Trinajstić information content (AvgIpc) is 3.56. The zero-order valence-corrected chi connectivity index (χ0v) is 27.3. The zero-order valence-electron chi connectivity index (χ0n) is 27.3. The summed E-state index contributed by atoms with van der Waals surface area (Å²) in [6, 6.07) is 67.7. The van der Waals surface area contributed by atoms with Crippen LogP contribution in [0.15, 0.2) is 192 Å². The molecule has 0 aliphatic rings. The fraction of sp³-hybridized carbons (Fsp3) is 0. The Bertz CT molecular complexity index is 2900. The normalized spacial score (nSPS) is 11.6. The Kier molecular flexibility index (Phi) is 6.53. The fourth-order valence-electron chi connectivity index (χ4n) is 7.66. The molecule has 0 atom stereocenters. The van der Waals surface area contributed by atoms with Crippen molar-refractivity contribution in [2.45, 2.75) is 0 Å². The smallest absolute Gasteiger partial charge is 0.135 e. The van der Waals surface area contributed by atoms with Gasteiger partial charge in [0.1, 0.15) is 11.2 Å². The van der Waals surface area contributed by atoms with E-state index in [1.807, 2.05) is 12.1 Å². The van der Waals surface area contributed by atoms with Crippen LogP contribution in [0.5, 0.6) is 0 Å². The van der Waals surface area contributed by atoms with Gasteiger partial charge in [-0.05, 0) is 104 Å². The first-order valence-corrected chi connectivity index (χ1v) is 17.1. The Labute approximate surface area is 290 Å². The predicted octanol–water partition coefficient (Wildman–Crippen LogP) is 13.8. The molecule has 234 valence electrons. The molecule has 0 saturated heterocycles. The minimum atomic E-state index is 0.883. The lowest BCUT2D eigenvalue weighted by Gasteiger charge is -2.28. The number of fused-ring (bicyclic) bond motifs is 7. The van der Waals surface area contributed by atoms with Gasteiger partial charge in [0.05, 0.1) is 5.69 Å². The second kappa shape index (κ2) is 11.5. The minimum Gasteiger partial charge on any atom is -0.456 e. The molecule has 2 heteroatoms.